The normalized spacial score (nSPS) is 16.4. The summed E-state index contributed by atoms with van der Waals surface area (Å²) >= 11 is 0. The Hall–Kier alpha value is -0.0800. The van der Waals surface area contributed by atoms with E-state index in [1.165, 1.54) is 19.3 Å². The molecule has 0 spiro atoms. The highest BCUT2D eigenvalue weighted by Crippen LogP contribution is 2.13. The van der Waals surface area contributed by atoms with Gasteiger partial charge in [0.05, 0.1) is 6.61 Å². The molecule has 0 aromatic carbocycles. The summed E-state index contributed by atoms with van der Waals surface area (Å²) in [6, 6.07) is 0.227. The van der Waals surface area contributed by atoms with Crippen LogP contribution in [0.5, 0.6) is 0 Å². The van der Waals surface area contributed by atoms with E-state index in [2.05, 4.69) is 13.8 Å². The van der Waals surface area contributed by atoms with Gasteiger partial charge in [-0.25, -0.2) is 0 Å². The summed E-state index contributed by atoms with van der Waals surface area (Å²) in [5, 5.41) is 0. The molecule has 2 nitrogen and oxygen atoms in total. The largest absolute Gasteiger partial charge is 0.383 e. The van der Waals surface area contributed by atoms with Crippen molar-refractivity contribution in [2.45, 2.75) is 39.2 Å². The van der Waals surface area contributed by atoms with Gasteiger partial charge in [0.25, 0.3) is 0 Å². The van der Waals surface area contributed by atoms with Crippen molar-refractivity contribution in [1.82, 2.24) is 0 Å². The predicted octanol–water partition coefficient (Wildman–Crippen LogP) is 1.79. The van der Waals surface area contributed by atoms with Crippen LogP contribution in [-0.4, -0.2) is 19.8 Å². The molecular weight excluding hydrogens is 138 g/mol. The van der Waals surface area contributed by atoms with Crippen LogP contribution in [0.2, 0.25) is 0 Å². The van der Waals surface area contributed by atoms with Crippen molar-refractivity contribution in [3.8, 4) is 0 Å². The number of hydrogen-bond donors (Lipinski definition) is 1. The molecule has 0 aromatic heterocycles. The number of nitrogens with two attached hydrogens (primary N) is 1. The number of rotatable bonds is 6. The van der Waals surface area contributed by atoms with Gasteiger partial charge in [0.15, 0.2) is 0 Å². The fourth-order valence-electron chi connectivity index (χ4n) is 1.42. The Morgan fingerprint density at radius 2 is 2.00 bits per heavy atom. The van der Waals surface area contributed by atoms with Crippen LogP contribution in [-0.2, 0) is 4.74 Å². The third-order valence-corrected chi connectivity index (χ3v) is 2.15. The number of hydrogen-bond acceptors (Lipinski definition) is 2. The van der Waals surface area contributed by atoms with Gasteiger partial charge < -0.3 is 10.5 Å². The maximum absolute atomic E-state index is 5.90. The lowest BCUT2D eigenvalue weighted by molar-refractivity contribution is 0.152. The molecular formula is C9H21NO. The first-order valence-electron chi connectivity index (χ1n) is 4.50. The molecule has 2 N–H and O–H groups in total. The van der Waals surface area contributed by atoms with Crippen molar-refractivity contribution < 1.29 is 4.74 Å². The topological polar surface area (TPSA) is 35.2 Å². The third kappa shape index (κ3) is 4.38. The van der Waals surface area contributed by atoms with Crippen molar-refractivity contribution in [3.05, 3.63) is 0 Å². The average Bonchev–Trinajstić information content (AvgIpc) is 2.00. The molecule has 11 heavy (non-hydrogen) atoms. The van der Waals surface area contributed by atoms with Crippen molar-refractivity contribution in [3.63, 3.8) is 0 Å². The zero-order valence-corrected chi connectivity index (χ0v) is 7.97. The molecule has 0 aromatic rings. The lowest BCUT2D eigenvalue weighted by Crippen LogP contribution is -2.34. The zero-order valence-electron chi connectivity index (χ0n) is 7.97. The van der Waals surface area contributed by atoms with Crippen molar-refractivity contribution in [2.24, 2.45) is 11.7 Å². The first-order valence-corrected chi connectivity index (χ1v) is 4.50. The van der Waals surface area contributed by atoms with Crippen LogP contribution in [0, 0.1) is 5.92 Å². The minimum Gasteiger partial charge on any atom is -0.383 e. The molecule has 2 unspecified atom stereocenters. The summed E-state index contributed by atoms with van der Waals surface area (Å²) in [5.41, 5.74) is 5.90. The highest BCUT2D eigenvalue weighted by molar-refractivity contribution is 4.70. The lowest BCUT2D eigenvalue weighted by Gasteiger charge is -2.20. The van der Waals surface area contributed by atoms with E-state index in [1.54, 1.807) is 7.11 Å². The Balaban J connectivity index is 3.61. The Bertz CT molecular complexity index is 85.6. The van der Waals surface area contributed by atoms with E-state index in [0.29, 0.717) is 12.5 Å². The standard InChI is InChI=1S/C9H21NO/c1-4-6-8(5-2)9(10)7-11-3/h8-9H,4-7,10H2,1-3H3. The molecule has 2 atom stereocenters. The number of ether oxygens (including phenoxy) is 1. The van der Waals surface area contributed by atoms with E-state index in [9.17, 15) is 0 Å². The first kappa shape index (κ1) is 10.9. The van der Waals surface area contributed by atoms with E-state index >= 15 is 0 Å². The molecule has 0 radical (unpaired) electrons. The molecule has 0 bridgehead atoms. The molecule has 0 aliphatic heterocycles. The van der Waals surface area contributed by atoms with Crippen LogP contribution in [0.15, 0.2) is 0 Å². The molecule has 0 heterocycles. The molecule has 2 heteroatoms. The van der Waals surface area contributed by atoms with Gasteiger partial charge in [0.1, 0.15) is 0 Å². The van der Waals surface area contributed by atoms with Gasteiger partial charge in [-0.1, -0.05) is 26.7 Å². The Labute approximate surface area is 70.1 Å². The van der Waals surface area contributed by atoms with E-state index in [0.717, 1.165) is 0 Å². The van der Waals surface area contributed by atoms with Gasteiger partial charge in [-0.05, 0) is 12.3 Å². The van der Waals surface area contributed by atoms with Crippen molar-refractivity contribution >= 4 is 0 Å². The summed E-state index contributed by atoms with van der Waals surface area (Å²) < 4.78 is 5.01. The Kier molecular flexibility index (Phi) is 6.57. The Morgan fingerprint density at radius 3 is 2.36 bits per heavy atom. The van der Waals surface area contributed by atoms with E-state index < -0.39 is 0 Å². The third-order valence-electron chi connectivity index (χ3n) is 2.15. The fraction of sp³-hybridized carbons (Fsp3) is 1.00. The SMILES string of the molecule is CCCC(CC)C(N)COC. The van der Waals surface area contributed by atoms with Gasteiger partial charge in [-0.3, -0.25) is 0 Å². The van der Waals surface area contributed by atoms with Gasteiger partial charge in [-0.15, -0.1) is 0 Å². The fourth-order valence-corrected chi connectivity index (χ4v) is 1.42. The molecule has 0 saturated heterocycles. The van der Waals surface area contributed by atoms with Crippen LogP contribution < -0.4 is 5.73 Å². The quantitative estimate of drug-likeness (QED) is 0.641. The van der Waals surface area contributed by atoms with Crippen molar-refractivity contribution in [1.29, 1.82) is 0 Å². The highest BCUT2D eigenvalue weighted by Gasteiger charge is 2.13. The molecule has 0 saturated carbocycles. The summed E-state index contributed by atoms with van der Waals surface area (Å²) in [4.78, 5) is 0. The van der Waals surface area contributed by atoms with Gasteiger partial charge in [0, 0.05) is 13.2 Å². The lowest BCUT2D eigenvalue weighted by atomic mass is 9.93. The molecule has 0 aliphatic carbocycles. The van der Waals surface area contributed by atoms with Gasteiger partial charge in [0.2, 0.25) is 0 Å². The van der Waals surface area contributed by atoms with Crippen LogP contribution in [0.3, 0.4) is 0 Å². The average molecular weight is 159 g/mol. The second-order valence-corrected chi connectivity index (χ2v) is 3.08. The summed E-state index contributed by atoms with van der Waals surface area (Å²) in [6.45, 7) is 5.08. The molecule has 0 fully saturated rings. The molecule has 0 aliphatic rings. The summed E-state index contributed by atoms with van der Waals surface area (Å²) in [7, 11) is 1.71. The second-order valence-electron chi connectivity index (χ2n) is 3.08. The maximum atomic E-state index is 5.90. The van der Waals surface area contributed by atoms with Crippen molar-refractivity contribution in [2.75, 3.05) is 13.7 Å². The van der Waals surface area contributed by atoms with Gasteiger partial charge >= 0.3 is 0 Å². The molecule has 68 valence electrons. The smallest absolute Gasteiger partial charge is 0.0616 e. The highest BCUT2D eigenvalue weighted by atomic mass is 16.5. The minimum atomic E-state index is 0.227. The molecule has 0 amide bonds. The zero-order chi connectivity index (χ0) is 8.69. The van der Waals surface area contributed by atoms with E-state index in [4.69, 9.17) is 10.5 Å². The monoisotopic (exact) mass is 159 g/mol. The van der Waals surface area contributed by atoms with Crippen LogP contribution >= 0.6 is 0 Å². The predicted molar refractivity (Wildman–Crippen MR) is 48.5 cm³/mol. The minimum absolute atomic E-state index is 0.227. The first-order chi connectivity index (χ1) is 5.26. The summed E-state index contributed by atoms with van der Waals surface area (Å²) in [5.74, 6) is 0.639. The Morgan fingerprint density at radius 1 is 1.36 bits per heavy atom. The number of methoxy groups -OCH3 is 1. The maximum Gasteiger partial charge on any atom is 0.0616 e. The molecule has 0 rings (SSSR count). The summed E-state index contributed by atoms with van der Waals surface area (Å²) in [6.07, 6.45) is 3.61. The van der Waals surface area contributed by atoms with E-state index in [1.807, 2.05) is 0 Å². The van der Waals surface area contributed by atoms with Crippen LogP contribution in [0.4, 0.5) is 0 Å². The second kappa shape index (κ2) is 6.62. The van der Waals surface area contributed by atoms with Crippen LogP contribution in [0.1, 0.15) is 33.1 Å². The van der Waals surface area contributed by atoms with Crippen LogP contribution in [0.25, 0.3) is 0 Å². The van der Waals surface area contributed by atoms with E-state index in [-0.39, 0.29) is 6.04 Å². The van der Waals surface area contributed by atoms with Gasteiger partial charge in [-0.2, -0.15) is 0 Å².